The zero-order valence-corrected chi connectivity index (χ0v) is 12.6. The van der Waals surface area contributed by atoms with Crippen LogP contribution in [0.15, 0.2) is 30.3 Å². The molecule has 1 N–H and O–H groups in total. The number of halogens is 1. The van der Waals surface area contributed by atoms with E-state index in [0.717, 1.165) is 19.3 Å². The first-order valence-corrected chi connectivity index (χ1v) is 7.35. The van der Waals surface area contributed by atoms with Crippen LogP contribution in [-0.4, -0.2) is 35.6 Å². The number of carbonyl (C=O) groups is 1. The van der Waals surface area contributed by atoms with E-state index < -0.39 is 0 Å². The van der Waals surface area contributed by atoms with Gasteiger partial charge in [-0.15, -0.1) is 0 Å². The van der Waals surface area contributed by atoms with Crippen molar-refractivity contribution >= 4 is 11.5 Å². The second-order valence-electron chi connectivity index (χ2n) is 5.78. The molecule has 0 radical (unpaired) electrons. The van der Waals surface area contributed by atoms with Gasteiger partial charge in [-0.1, -0.05) is 24.6 Å². The number of nitrogens with zero attached hydrogens (tertiary/aromatic N) is 1. The van der Waals surface area contributed by atoms with E-state index in [1.165, 1.54) is 12.1 Å². The molecule has 0 aromatic heterocycles. The van der Waals surface area contributed by atoms with Crippen molar-refractivity contribution in [3.05, 3.63) is 41.7 Å². The number of hydrogen-bond donors (Lipinski definition) is 1. The number of benzene rings is 1. The summed E-state index contributed by atoms with van der Waals surface area (Å²) in [5.41, 5.74) is 1.05. The molecule has 1 aromatic carbocycles. The molecule has 2 unspecified atom stereocenters. The number of aliphatic hydroxyl groups is 1. The van der Waals surface area contributed by atoms with E-state index in [1.54, 1.807) is 37.1 Å². The van der Waals surface area contributed by atoms with Crippen LogP contribution < -0.4 is 0 Å². The second-order valence-corrected chi connectivity index (χ2v) is 5.78. The maximum Gasteiger partial charge on any atom is 0.246 e. The first-order chi connectivity index (χ1) is 9.99. The molecule has 3 nitrogen and oxygen atoms in total. The van der Waals surface area contributed by atoms with Gasteiger partial charge in [0.05, 0.1) is 6.10 Å². The van der Waals surface area contributed by atoms with Crippen LogP contribution in [0.25, 0.3) is 5.57 Å². The smallest absolute Gasteiger partial charge is 0.246 e. The molecule has 1 fully saturated rings. The highest BCUT2D eigenvalue weighted by Crippen LogP contribution is 2.26. The van der Waals surface area contributed by atoms with E-state index in [9.17, 15) is 14.3 Å². The molecular formula is C17H22FNO2. The van der Waals surface area contributed by atoms with Gasteiger partial charge in [0.15, 0.2) is 0 Å². The Morgan fingerprint density at radius 2 is 2.14 bits per heavy atom. The van der Waals surface area contributed by atoms with E-state index in [1.807, 2.05) is 0 Å². The summed E-state index contributed by atoms with van der Waals surface area (Å²) in [5.74, 6) is -0.330. The van der Waals surface area contributed by atoms with Crippen molar-refractivity contribution in [3.8, 4) is 0 Å². The molecule has 1 aliphatic rings. The SMILES string of the molecule is C/C(=C/C(=O)N(C)CC1CCCC1O)c1ccccc1F. The Kier molecular flexibility index (Phi) is 5.12. The maximum atomic E-state index is 13.7. The molecule has 2 atom stereocenters. The Labute approximate surface area is 125 Å². The minimum Gasteiger partial charge on any atom is -0.393 e. The molecule has 0 aliphatic heterocycles. The van der Waals surface area contributed by atoms with Crippen molar-refractivity contribution in [2.24, 2.45) is 5.92 Å². The number of amides is 1. The molecule has 1 aromatic rings. The number of allylic oxidation sites excluding steroid dienone is 1. The highest BCUT2D eigenvalue weighted by atomic mass is 19.1. The lowest BCUT2D eigenvalue weighted by Crippen LogP contribution is -2.33. The lowest BCUT2D eigenvalue weighted by Gasteiger charge is -2.22. The lowest BCUT2D eigenvalue weighted by molar-refractivity contribution is -0.125. The van der Waals surface area contributed by atoms with Crippen LogP contribution >= 0.6 is 0 Å². The molecule has 0 spiro atoms. The number of carbonyl (C=O) groups excluding carboxylic acids is 1. The predicted molar refractivity (Wildman–Crippen MR) is 81.0 cm³/mol. The molecule has 0 saturated heterocycles. The largest absolute Gasteiger partial charge is 0.393 e. The van der Waals surface area contributed by atoms with Gasteiger partial charge in [-0.3, -0.25) is 4.79 Å². The van der Waals surface area contributed by atoms with Gasteiger partial charge in [0.1, 0.15) is 5.82 Å². The molecule has 1 aliphatic carbocycles. The van der Waals surface area contributed by atoms with Gasteiger partial charge in [-0.2, -0.15) is 0 Å². The summed E-state index contributed by atoms with van der Waals surface area (Å²) in [6, 6.07) is 6.42. The summed E-state index contributed by atoms with van der Waals surface area (Å²) in [4.78, 5) is 13.8. The monoisotopic (exact) mass is 291 g/mol. The first-order valence-electron chi connectivity index (χ1n) is 7.35. The standard InChI is InChI=1S/C17H22FNO2/c1-12(14-7-3-4-8-15(14)18)10-17(21)19(2)11-13-6-5-9-16(13)20/h3-4,7-8,10,13,16,20H,5-6,9,11H2,1-2H3/b12-10-. The third kappa shape index (κ3) is 3.91. The summed E-state index contributed by atoms with van der Waals surface area (Å²) < 4.78 is 13.7. The Morgan fingerprint density at radius 1 is 1.43 bits per heavy atom. The number of likely N-dealkylation sites (N-methyl/N-ethyl adjacent to an activating group) is 1. The molecule has 1 saturated carbocycles. The van der Waals surface area contributed by atoms with E-state index in [2.05, 4.69) is 0 Å². The van der Waals surface area contributed by atoms with Gasteiger partial charge in [-0.25, -0.2) is 4.39 Å². The Balaban J connectivity index is 2.02. The van der Waals surface area contributed by atoms with Gasteiger partial charge < -0.3 is 10.0 Å². The number of aliphatic hydroxyl groups excluding tert-OH is 1. The zero-order chi connectivity index (χ0) is 15.4. The Bertz CT molecular complexity index is 541. The molecule has 1 amide bonds. The highest BCUT2D eigenvalue weighted by Gasteiger charge is 2.27. The summed E-state index contributed by atoms with van der Waals surface area (Å²) in [6.45, 7) is 2.27. The topological polar surface area (TPSA) is 40.5 Å². The van der Waals surface area contributed by atoms with Crippen molar-refractivity contribution in [1.29, 1.82) is 0 Å². The van der Waals surface area contributed by atoms with Gasteiger partial charge in [-0.05, 0) is 31.4 Å². The Hall–Kier alpha value is -1.68. The van der Waals surface area contributed by atoms with Crippen LogP contribution in [0.5, 0.6) is 0 Å². The third-order valence-corrected chi connectivity index (χ3v) is 4.14. The minimum absolute atomic E-state index is 0.154. The summed E-state index contributed by atoms with van der Waals surface area (Å²) >= 11 is 0. The molecule has 0 bridgehead atoms. The third-order valence-electron chi connectivity index (χ3n) is 4.14. The van der Waals surface area contributed by atoms with Crippen LogP contribution in [0.3, 0.4) is 0 Å². The van der Waals surface area contributed by atoms with Gasteiger partial charge in [0.25, 0.3) is 0 Å². The molecule has 4 heteroatoms. The highest BCUT2D eigenvalue weighted by molar-refractivity contribution is 5.94. The van der Waals surface area contributed by atoms with E-state index >= 15 is 0 Å². The van der Waals surface area contributed by atoms with Crippen molar-refractivity contribution in [2.45, 2.75) is 32.3 Å². The maximum absolute atomic E-state index is 13.7. The second kappa shape index (κ2) is 6.85. The minimum atomic E-state index is -0.326. The molecule has 2 rings (SSSR count). The van der Waals surface area contributed by atoms with Crippen LogP contribution in [0, 0.1) is 11.7 Å². The number of hydrogen-bond acceptors (Lipinski definition) is 2. The normalized spacial score (nSPS) is 22.4. The average Bonchev–Trinajstić information content (AvgIpc) is 2.84. The predicted octanol–water partition coefficient (Wildman–Crippen LogP) is 2.85. The summed E-state index contributed by atoms with van der Waals surface area (Å²) in [6.07, 6.45) is 3.93. The summed E-state index contributed by atoms with van der Waals surface area (Å²) in [7, 11) is 1.72. The van der Waals surface area contributed by atoms with Crippen LogP contribution in [0.1, 0.15) is 31.7 Å². The van der Waals surface area contributed by atoms with E-state index in [0.29, 0.717) is 17.7 Å². The van der Waals surface area contributed by atoms with Crippen molar-refractivity contribution < 1.29 is 14.3 Å². The summed E-state index contributed by atoms with van der Waals surface area (Å²) in [5, 5.41) is 9.81. The Morgan fingerprint density at radius 3 is 2.76 bits per heavy atom. The average molecular weight is 291 g/mol. The molecule has 114 valence electrons. The van der Waals surface area contributed by atoms with Gasteiger partial charge in [0.2, 0.25) is 5.91 Å². The molecule has 0 heterocycles. The van der Waals surface area contributed by atoms with Crippen LogP contribution in [0.2, 0.25) is 0 Å². The van der Waals surface area contributed by atoms with Gasteiger partial charge >= 0.3 is 0 Å². The molecule has 21 heavy (non-hydrogen) atoms. The van der Waals surface area contributed by atoms with Gasteiger partial charge in [0, 0.05) is 31.1 Å². The van der Waals surface area contributed by atoms with Crippen LogP contribution in [-0.2, 0) is 4.79 Å². The van der Waals surface area contributed by atoms with E-state index in [-0.39, 0.29) is 23.7 Å². The van der Waals surface area contributed by atoms with Crippen molar-refractivity contribution in [1.82, 2.24) is 4.90 Å². The fourth-order valence-corrected chi connectivity index (χ4v) is 2.83. The van der Waals surface area contributed by atoms with E-state index in [4.69, 9.17) is 0 Å². The first kappa shape index (κ1) is 15.7. The fraction of sp³-hybridized carbons (Fsp3) is 0.471. The van der Waals surface area contributed by atoms with Crippen molar-refractivity contribution in [3.63, 3.8) is 0 Å². The zero-order valence-electron chi connectivity index (χ0n) is 12.6. The van der Waals surface area contributed by atoms with Crippen molar-refractivity contribution in [2.75, 3.05) is 13.6 Å². The quantitative estimate of drug-likeness (QED) is 0.867. The lowest BCUT2D eigenvalue weighted by atomic mass is 10.0. The molecular weight excluding hydrogens is 269 g/mol. The van der Waals surface area contributed by atoms with Crippen LogP contribution in [0.4, 0.5) is 4.39 Å². The number of rotatable bonds is 4. The fourth-order valence-electron chi connectivity index (χ4n) is 2.83.